The van der Waals surface area contributed by atoms with E-state index in [2.05, 4.69) is 6.92 Å². The predicted molar refractivity (Wildman–Crippen MR) is 92.3 cm³/mol. The van der Waals surface area contributed by atoms with Gasteiger partial charge in [0, 0.05) is 17.7 Å². The molecule has 0 atom stereocenters. The van der Waals surface area contributed by atoms with Gasteiger partial charge in [0.2, 0.25) is 0 Å². The number of rotatable bonds is 8. The van der Waals surface area contributed by atoms with Crippen LogP contribution in [0.5, 0.6) is 17.2 Å². The summed E-state index contributed by atoms with van der Waals surface area (Å²) in [6.07, 6.45) is 4.28. The lowest BCUT2D eigenvalue weighted by atomic mass is 10.0. The van der Waals surface area contributed by atoms with Crippen molar-refractivity contribution in [3.8, 4) is 17.2 Å². The number of phenolic OH excluding ortho intramolecular Hbond substituents is 1. The van der Waals surface area contributed by atoms with E-state index in [0.717, 1.165) is 31.7 Å². The smallest absolute Gasteiger partial charge is 0.295 e. The zero-order chi connectivity index (χ0) is 17.6. The second-order valence-corrected chi connectivity index (χ2v) is 7.01. The van der Waals surface area contributed by atoms with Crippen molar-refractivity contribution in [2.75, 3.05) is 0 Å². The van der Waals surface area contributed by atoms with Gasteiger partial charge in [-0.15, -0.1) is 0 Å². The fraction of sp³-hybridized carbons (Fsp3) is 0.333. The number of unbranched alkanes of at least 4 members (excludes halogenated alkanes) is 3. The molecular formula is C18H22O5S. The number of aromatic hydroxyl groups is 1. The number of benzene rings is 2. The maximum atomic E-state index is 11.7. The molecule has 0 unspecified atom stereocenters. The van der Waals surface area contributed by atoms with Gasteiger partial charge in [0.05, 0.1) is 0 Å². The van der Waals surface area contributed by atoms with Gasteiger partial charge in [0.25, 0.3) is 10.1 Å². The third-order valence-corrected chi connectivity index (χ3v) is 4.60. The van der Waals surface area contributed by atoms with Crippen molar-refractivity contribution in [2.45, 2.75) is 43.9 Å². The van der Waals surface area contributed by atoms with Crippen molar-refractivity contribution in [3.05, 3.63) is 48.0 Å². The summed E-state index contributed by atoms with van der Waals surface area (Å²) in [6, 6.07) is 11.3. The Morgan fingerprint density at radius 3 is 2.38 bits per heavy atom. The molecule has 0 saturated carbocycles. The second-order valence-electron chi connectivity index (χ2n) is 5.62. The molecule has 0 spiro atoms. The third-order valence-electron chi connectivity index (χ3n) is 3.68. The molecule has 0 aliphatic heterocycles. The first-order valence-electron chi connectivity index (χ1n) is 7.98. The van der Waals surface area contributed by atoms with Gasteiger partial charge in [-0.3, -0.25) is 4.55 Å². The Morgan fingerprint density at radius 1 is 1.04 bits per heavy atom. The SMILES string of the molecule is CCCCCCc1c(Oc2ccccc2)cc(O)cc1S(=O)(=O)O. The minimum absolute atomic E-state index is 0.241. The Morgan fingerprint density at radius 2 is 1.75 bits per heavy atom. The number of hydrogen-bond donors (Lipinski definition) is 2. The average molecular weight is 350 g/mol. The average Bonchev–Trinajstić information content (AvgIpc) is 2.53. The van der Waals surface area contributed by atoms with Crippen LogP contribution in [0.15, 0.2) is 47.4 Å². The Kier molecular flexibility index (Phi) is 6.23. The molecule has 0 amide bonds. The summed E-state index contributed by atoms with van der Waals surface area (Å²) < 4.78 is 38.6. The largest absolute Gasteiger partial charge is 0.508 e. The molecule has 2 rings (SSSR count). The van der Waals surface area contributed by atoms with Gasteiger partial charge in [0.1, 0.15) is 22.1 Å². The highest BCUT2D eigenvalue weighted by Crippen LogP contribution is 2.35. The van der Waals surface area contributed by atoms with E-state index in [4.69, 9.17) is 4.74 Å². The molecule has 6 heteroatoms. The van der Waals surface area contributed by atoms with Crippen molar-refractivity contribution in [1.29, 1.82) is 0 Å². The predicted octanol–water partition coefficient (Wildman–Crippen LogP) is 4.55. The van der Waals surface area contributed by atoms with Crippen LogP contribution in [-0.4, -0.2) is 18.1 Å². The van der Waals surface area contributed by atoms with Crippen LogP contribution in [0, 0.1) is 0 Å². The van der Waals surface area contributed by atoms with Gasteiger partial charge >= 0.3 is 0 Å². The van der Waals surface area contributed by atoms with Crippen LogP contribution in [0.25, 0.3) is 0 Å². The Hall–Kier alpha value is -2.05. The van der Waals surface area contributed by atoms with E-state index >= 15 is 0 Å². The third kappa shape index (κ3) is 4.97. The lowest BCUT2D eigenvalue weighted by Gasteiger charge is -2.15. The summed E-state index contributed by atoms with van der Waals surface area (Å²) in [5, 5.41) is 9.81. The first-order valence-corrected chi connectivity index (χ1v) is 9.42. The number of ether oxygens (including phenoxy) is 1. The highest BCUT2D eigenvalue weighted by molar-refractivity contribution is 7.85. The topological polar surface area (TPSA) is 83.8 Å². The second kappa shape index (κ2) is 8.17. The van der Waals surface area contributed by atoms with E-state index < -0.39 is 10.1 Å². The number of hydrogen-bond acceptors (Lipinski definition) is 4. The molecule has 0 radical (unpaired) electrons. The monoisotopic (exact) mass is 350 g/mol. The van der Waals surface area contributed by atoms with E-state index in [1.54, 1.807) is 24.3 Å². The van der Waals surface area contributed by atoms with Crippen LogP contribution in [0.2, 0.25) is 0 Å². The highest BCUT2D eigenvalue weighted by atomic mass is 32.2. The molecule has 2 N–H and O–H groups in total. The molecule has 0 bridgehead atoms. The normalized spacial score (nSPS) is 11.4. The van der Waals surface area contributed by atoms with Gasteiger partial charge in [-0.2, -0.15) is 8.42 Å². The van der Waals surface area contributed by atoms with Crippen LogP contribution >= 0.6 is 0 Å². The Labute approximate surface area is 142 Å². The number of phenols is 1. The van der Waals surface area contributed by atoms with Crippen LogP contribution < -0.4 is 4.74 Å². The fourth-order valence-corrected chi connectivity index (χ4v) is 3.30. The molecule has 0 aromatic heterocycles. The zero-order valence-electron chi connectivity index (χ0n) is 13.6. The molecule has 0 saturated heterocycles. The first-order chi connectivity index (χ1) is 11.4. The van der Waals surface area contributed by atoms with E-state index in [-0.39, 0.29) is 16.4 Å². The lowest BCUT2D eigenvalue weighted by Crippen LogP contribution is -2.05. The summed E-state index contributed by atoms with van der Waals surface area (Å²) in [5.41, 5.74) is 0.384. The Bertz CT molecular complexity index is 769. The van der Waals surface area contributed by atoms with Crippen molar-refractivity contribution < 1.29 is 22.8 Å². The molecule has 2 aromatic rings. The molecule has 0 aliphatic carbocycles. The number of para-hydroxylation sites is 1. The maximum absolute atomic E-state index is 11.7. The van der Waals surface area contributed by atoms with Crippen molar-refractivity contribution >= 4 is 10.1 Å². The van der Waals surface area contributed by atoms with Crippen LogP contribution in [0.3, 0.4) is 0 Å². The quantitative estimate of drug-likeness (QED) is 0.539. The van der Waals surface area contributed by atoms with E-state index in [9.17, 15) is 18.1 Å². The molecule has 24 heavy (non-hydrogen) atoms. The van der Waals surface area contributed by atoms with Crippen molar-refractivity contribution in [1.82, 2.24) is 0 Å². The van der Waals surface area contributed by atoms with Crippen LogP contribution in [0.4, 0.5) is 0 Å². The van der Waals surface area contributed by atoms with Crippen LogP contribution in [0.1, 0.15) is 38.2 Å². The van der Waals surface area contributed by atoms with E-state index in [0.29, 0.717) is 17.7 Å². The molecule has 0 aliphatic rings. The standard InChI is InChI=1S/C18H22O5S/c1-2-3-4-8-11-16-17(23-15-9-6-5-7-10-15)12-14(19)13-18(16)24(20,21)22/h5-7,9-10,12-13,19H,2-4,8,11H2,1H3,(H,20,21,22). The molecule has 5 nitrogen and oxygen atoms in total. The summed E-state index contributed by atoms with van der Waals surface area (Å²) in [6.45, 7) is 2.09. The molecule has 130 valence electrons. The summed E-state index contributed by atoms with van der Waals surface area (Å²) >= 11 is 0. The lowest BCUT2D eigenvalue weighted by molar-refractivity contribution is 0.440. The van der Waals surface area contributed by atoms with Crippen LogP contribution in [-0.2, 0) is 16.5 Å². The molecular weight excluding hydrogens is 328 g/mol. The highest BCUT2D eigenvalue weighted by Gasteiger charge is 2.21. The first kappa shape index (κ1) is 18.3. The summed E-state index contributed by atoms with van der Waals surface area (Å²) in [7, 11) is -4.45. The zero-order valence-corrected chi connectivity index (χ0v) is 14.4. The van der Waals surface area contributed by atoms with Crippen molar-refractivity contribution in [3.63, 3.8) is 0 Å². The minimum atomic E-state index is -4.45. The van der Waals surface area contributed by atoms with Gasteiger partial charge in [-0.05, 0) is 25.0 Å². The van der Waals surface area contributed by atoms with Crippen molar-refractivity contribution in [2.24, 2.45) is 0 Å². The fourth-order valence-electron chi connectivity index (χ4n) is 2.52. The van der Waals surface area contributed by atoms with E-state index in [1.807, 2.05) is 6.07 Å². The van der Waals surface area contributed by atoms with Gasteiger partial charge < -0.3 is 9.84 Å². The van der Waals surface area contributed by atoms with E-state index in [1.165, 1.54) is 6.07 Å². The summed E-state index contributed by atoms with van der Waals surface area (Å²) in [4.78, 5) is -0.301. The van der Waals surface area contributed by atoms with Gasteiger partial charge in [0.15, 0.2) is 0 Å². The van der Waals surface area contributed by atoms with Gasteiger partial charge in [-0.25, -0.2) is 0 Å². The Balaban J connectivity index is 2.41. The van der Waals surface area contributed by atoms with Gasteiger partial charge in [-0.1, -0.05) is 44.4 Å². The minimum Gasteiger partial charge on any atom is -0.508 e. The summed E-state index contributed by atoms with van der Waals surface area (Å²) in [5.74, 6) is 0.496. The maximum Gasteiger partial charge on any atom is 0.295 e. The molecule has 2 aromatic carbocycles. The molecule has 0 fully saturated rings. The molecule has 0 heterocycles.